The van der Waals surface area contributed by atoms with Crippen LogP contribution in [-0.4, -0.2) is 80.4 Å². The summed E-state index contributed by atoms with van der Waals surface area (Å²) in [5.41, 5.74) is 6.12. The molecule has 0 spiro atoms. The average Bonchev–Trinajstić information content (AvgIpc) is 3.26. The van der Waals surface area contributed by atoms with Crippen LogP contribution in [0.3, 0.4) is 0 Å². The maximum absolute atomic E-state index is 12.7. The Balaban J connectivity index is 2.85. The number of thiol groups is 1. The summed E-state index contributed by atoms with van der Waals surface area (Å²) in [6.45, 7) is 2.78. The molecule has 0 radical (unpaired) electrons. The molecule has 0 aliphatic carbocycles. The van der Waals surface area contributed by atoms with Gasteiger partial charge in [0.2, 0.25) is 17.7 Å². The minimum atomic E-state index is -1.42. The summed E-state index contributed by atoms with van der Waals surface area (Å²) < 4.78 is 0. The first-order valence-electron chi connectivity index (χ1n) is 9.72. The molecule has 174 valence electrons. The lowest BCUT2D eigenvalue weighted by Gasteiger charge is -2.27. The van der Waals surface area contributed by atoms with Crippen molar-refractivity contribution < 1.29 is 29.4 Å². The lowest BCUT2D eigenvalue weighted by molar-refractivity contribution is -0.142. The number of rotatable bonds is 13. The Morgan fingerprint density at radius 3 is 2.29 bits per heavy atom. The van der Waals surface area contributed by atoms with E-state index in [-0.39, 0.29) is 18.1 Å². The van der Waals surface area contributed by atoms with Gasteiger partial charge in [0.05, 0.1) is 19.0 Å². The Hall–Kier alpha value is -2.64. The molecule has 12 nitrogen and oxygen atoms in total. The van der Waals surface area contributed by atoms with Gasteiger partial charge in [0, 0.05) is 24.1 Å². The molecule has 31 heavy (non-hydrogen) atoms. The first-order chi connectivity index (χ1) is 14.6. The fourth-order valence-electron chi connectivity index (χ4n) is 2.59. The SMILES string of the molecule is CCC(C)C(NC(=O)C(N)CS)C(=O)NC(CO)C(=O)NC(Cc1cnc[nH]1)C(=O)O. The molecule has 1 rings (SSSR count). The number of carboxylic acid groups (broad SMARTS) is 1. The third-order valence-electron chi connectivity index (χ3n) is 4.74. The van der Waals surface area contributed by atoms with Gasteiger partial charge < -0.3 is 36.9 Å². The number of aromatic nitrogens is 2. The van der Waals surface area contributed by atoms with E-state index in [0.29, 0.717) is 12.1 Å². The Morgan fingerprint density at radius 1 is 1.16 bits per heavy atom. The van der Waals surface area contributed by atoms with Crippen LogP contribution in [0.1, 0.15) is 26.0 Å². The summed E-state index contributed by atoms with van der Waals surface area (Å²) in [5, 5.41) is 26.1. The summed E-state index contributed by atoms with van der Waals surface area (Å²) >= 11 is 3.95. The van der Waals surface area contributed by atoms with Gasteiger partial charge in [-0.25, -0.2) is 9.78 Å². The van der Waals surface area contributed by atoms with E-state index in [1.54, 1.807) is 6.92 Å². The molecule has 0 saturated carbocycles. The molecule has 0 bridgehead atoms. The van der Waals surface area contributed by atoms with E-state index < -0.39 is 54.5 Å². The van der Waals surface area contributed by atoms with Gasteiger partial charge in [0.1, 0.15) is 18.1 Å². The average molecular weight is 459 g/mol. The molecule has 0 fully saturated rings. The Labute approximate surface area is 185 Å². The number of amides is 3. The molecule has 0 aromatic carbocycles. The highest BCUT2D eigenvalue weighted by Gasteiger charge is 2.32. The second-order valence-electron chi connectivity index (χ2n) is 7.08. The van der Waals surface area contributed by atoms with Gasteiger partial charge in [-0.05, 0) is 5.92 Å². The molecule has 1 heterocycles. The zero-order valence-electron chi connectivity index (χ0n) is 17.4. The van der Waals surface area contributed by atoms with Crippen molar-refractivity contribution in [3.05, 3.63) is 18.2 Å². The molecular weight excluding hydrogens is 428 g/mol. The van der Waals surface area contributed by atoms with Gasteiger partial charge in [-0.15, -0.1) is 0 Å². The number of nitrogens with two attached hydrogens (primary N) is 1. The quantitative estimate of drug-likeness (QED) is 0.152. The van der Waals surface area contributed by atoms with E-state index in [4.69, 9.17) is 5.73 Å². The van der Waals surface area contributed by atoms with Crippen LogP contribution in [0.25, 0.3) is 0 Å². The van der Waals surface area contributed by atoms with Crippen molar-refractivity contribution in [2.45, 2.75) is 50.9 Å². The van der Waals surface area contributed by atoms with E-state index >= 15 is 0 Å². The highest BCUT2D eigenvalue weighted by Crippen LogP contribution is 2.09. The first-order valence-corrected chi connectivity index (χ1v) is 10.4. The lowest BCUT2D eigenvalue weighted by atomic mass is 9.97. The summed E-state index contributed by atoms with van der Waals surface area (Å²) in [4.78, 5) is 55.3. The zero-order valence-corrected chi connectivity index (χ0v) is 18.3. The number of nitrogens with one attached hydrogen (secondary N) is 4. The van der Waals surface area contributed by atoms with Crippen molar-refractivity contribution in [1.29, 1.82) is 0 Å². The van der Waals surface area contributed by atoms with Crippen LogP contribution >= 0.6 is 12.6 Å². The second kappa shape index (κ2) is 12.9. The van der Waals surface area contributed by atoms with Gasteiger partial charge >= 0.3 is 5.97 Å². The van der Waals surface area contributed by atoms with Gasteiger partial charge in [0.25, 0.3) is 0 Å². The number of hydrogen-bond donors (Lipinski definition) is 8. The smallest absolute Gasteiger partial charge is 0.326 e. The summed E-state index contributed by atoms with van der Waals surface area (Å²) in [5.74, 6) is -3.68. The number of aliphatic hydroxyl groups is 1. The van der Waals surface area contributed by atoms with Crippen molar-refractivity contribution >= 4 is 36.3 Å². The number of hydrogen-bond acceptors (Lipinski definition) is 8. The monoisotopic (exact) mass is 458 g/mol. The molecule has 0 aliphatic rings. The van der Waals surface area contributed by atoms with Crippen LogP contribution in [0, 0.1) is 5.92 Å². The van der Waals surface area contributed by atoms with E-state index in [1.807, 2.05) is 6.92 Å². The zero-order chi connectivity index (χ0) is 23.6. The molecule has 5 atom stereocenters. The number of nitrogens with zero attached hydrogens (tertiary/aromatic N) is 1. The number of carbonyl (C=O) groups is 4. The second-order valence-corrected chi connectivity index (χ2v) is 7.45. The largest absolute Gasteiger partial charge is 0.480 e. The van der Waals surface area contributed by atoms with E-state index in [0.717, 1.165) is 0 Å². The topological polar surface area (TPSA) is 200 Å². The van der Waals surface area contributed by atoms with Crippen molar-refractivity contribution in [2.75, 3.05) is 12.4 Å². The van der Waals surface area contributed by atoms with Crippen LogP contribution in [0.5, 0.6) is 0 Å². The van der Waals surface area contributed by atoms with E-state index in [9.17, 15) is 29.4 Å². The predicted octanol–water partition coefficient (Wildman–Crippen LogP) is -2.21. The summed E-state index contributed by atoms with van der Waals surface area (Å²) in [6, 6.07) is -4.65. The standard InChI is InChI=1S/C18H30N6O6S/c1-3-9(2)14(24-15(26)11(19)7-31)17(28)23-13(6-25)16(27)22-12(18(29)30)4-10-5-20-8-21-10/h5,8-9,11-14,25,31H,3-4,6-7,19H2,1-2H3,(H,20,21)(H,22,27)(H,23,28)(H,24,26)(H,29,30). The highest BCUT2D eigenvalue weighted by atomic mass is 32.1. The van der Waals surface area contributed by atoms with Crippen LogP contribution in [0.2, 0.25) is 0 Å². The maximum Gasteiger partial charge on any atom is 0.326 e. The minimum absolute atomic E-state index is 0.0691. The number of aliphatic carboxylic acids is 1. The molecule has 1 aromatic rings. The van der Waals surface area contributed by atoms with Crippen molar-refractivity contribution in [2.24, 2.45) is 11.7 Å². The third-order valence-corrected chi connectivity index (χ3v) is 5.13. The van der Waals surface area contributed by atoms with Crippen LogP contribution in [-0.2, 0) is 25.6 Å². The number of aromatic amines is 1. The number of aliphatic hydroxyl groups excluding tert-OH is 1. The van der Waals surface area contributed by atoms with Crippen LogP contribution in [0.4, 0.5) is 0 Å². The Bertz CT molecular complexity index is 746. The molecule has 3 amide bonds. The maximum atomic E-state index is 12.7. The molecule has 0 saturated heterocycles. The van der Waals surface area contributed by atoms with E-state index in [2.05, 4.69) is 38.5 Å². The van der Waals surface area contributed by atoms with Crippen molar-refractivity contribution in [3.8, 4) is 0 Å². The lowest BCUT2D eigenvalue weighted by Crippen LogP contribution is -2.59. The normalized spacial score (nSPS) is 15.8. The van der Waals surface area contributed by atoms with Gasteiger partial charge in [-0.1, -0.05) is 20.3 Å². The minimum Gasteiger partial charge on any atom is -0.480 e. The number of imidazole rings is 1. The van der Waals surface area contributed by atoms with Crippen LogP contribution < -0.4 is 21.7 Å². The fourth-order valence-corrected chi connectivity index (χ4v) is 2.76. The summed E-state index contributed by atoms with van der Waals surface area (Å²) in [6.07, 6.45) is 3.26. The highest BCUT2D eigenvalue weighted by molar-refractivity contribution is 7.80. The van der Waals surface area contributed by atoms with Gasteiger partial charge in [0.15, 0.2) is 0 Å². The number of carboxylic acids is 1. The molecule has 1 aromatic heterocycles. The summed E-state index contributed by atoms with van der Waals surface area (Å²) in [7, 11) is 0. The number of carbonyl (C=O) groups excluding carboxylic acids is 3. The fraction of sp³-hybridized carbons (Fsp3) is 0.611. The van der Waals surface area contributed by atoms with Gasteiger partial charge in [-0.2, -0.15) is 12.6 Å². The predicted molar refractivity (Wildman–Crippen MR) is 114 cm³/mol. The Morgan fingerprint density at radius 2 is 1.81 bits per heavy atom. The van der Waals surface area contributed by atoms with Crippen LogP contribution in [0.15, 0.2) is 12.5 Å². The first kappa shape index (κ1) is 26.4. The van der Waals surface area contributed by atoms with E-state index in [1.165, 1.54) is 12.5 Å². The van der Waals surface area contributed by atoms with Crippen molar-refractivity contribution in [3.63, 3.8) is 0 Å². The molecular formula is C18H30N6O6S. The molecule has 13 heteroatoms. The van der Waals surface area contributed by atoms with Gasteiger partial charge in [-0.3, -0.25) is 14.4 Å². The molecule has 8 N–H and O–H groups in total. The molecule has 5 unspecified atom stereocenters. The third kappa shape index (κ3) is 8.19. The van der Waals surface area contributed by atoms with Crippen molar-refractivity contribution in [1.82, 2.24) is 25.9 Å². The number of H-pyrrole nitrogens is 1. The molecule has 0 aliphatic heterocycles. The Kier molecular flexibility index (Phi) is 11.0.